The van der Waals surface area contributed by atoms with Gasteiger partial charge in [0, 0.05) is 11.7 Å². The van der Waals surface area contributed by atoms with Crippen LogP contribution in [0.2, 0.25) is 0 Å². The number of carboxylic acid groups (broad SMARTS) is 1. The molecule has 1 aliphatic rings. The average Bonchev–Trinajstić information content (AvgIpc) is 3.00. The van der Waals surface area contributed by atoms with E-state index >= 15 is 0 Å². The molecule has 1 aromatic carbocycles. The van der Waals surface area contributed by atoms with E-state index in [0.717, 1.165) is 17.2 Å². The maximum Gasteiger partial charge on any atom is 0.335 e. The summed E-state index contributed by atoms with van der Waals surface area (Å²) in [7, 11) is 0. The maximum absolute atomic E-state index is 10.9. The van der Waals surface area contributed by atoms with Crippen molar-refractivity contribution in [1.29, 1.82) is 0 Å². The van der Waals surface area contributed by atoms with Crippen molar-refractivity contribution in [3.8, 4) is 0 Å². The number of benzene rings is 1. The second kappa shape index (κ2) is 4.78. The van der Waals surface area contributed by atoms with Gasteiger partial charge in [-0.2, -0.15) is 0 Å². The highest BCUT2D eigenvalue weighted by Gasteiger charge is 2.23. The van der Waals surface area contributed by atoms with Gasteiger partial charge in [-0.25, -0.2) is 4.79 Å². The SMILES string of the molecule is Cc1cc(NC(C)CC2CC2)ccc1C(=O)O. The molecule has 0 saturated heterocycles. The van der Waals surface area contributed by atoms with Crippen molar-refractivity contribution in [3.63, 3.8) is 0 Å². The van der Waals surface area contributed by atoms with Crippen LogP contribution in [0.15, 0.2) is 18.2 Å². The van der Waals surface area contributed by atoms with Crippen LogP contribution in [-0.4, -0.2) is 17.1 Å². The van der Waals surface area contributed by atoms with Crippen LogP contribution in [-0.2, 0) is 0 Å². The Morgan fingerprint density at radius 1 is 1.53 bits per heavy atom. The number of nitrogens with one attached hydrogen (secondary N) is 1. The van der Waals surface area contributed by atoms with Crippen LogP contribution in [0.5, 0.6) is 0 Å². The Balaban J connectivity index is 2.00. The van der Waals surface area contributed by atoms with Gasteiger partial charge in [0.05, 0.1) is 5.56 Å². The number of carbonyl (C=O) groups is 1. The lowest BCUT2D eigenvalue weighted by Gasteiger charge is -2.15. The van der Waals surface area contributed by atoms with Gasteiger partial charge >= 0.3 is 5.97 Å². The molecule has 0 aromatic heterocycles. The molecule has 0 heterocycles. The number of anilines is 1. The van der Waals surface area contributed by atoms with Crippen molar-refractivity contribution < 1.29 is 9.90 Å². The van der Waals surface area contributed by atoms with Gasteiger partial charge in [-0.15, -0.1) is 0 Å². The Morgan fingerprint density at radius 2 is 2.24 bits per heavy atom. The number of hydrogen-bond donors (Lipinski definition) is 2. The van der Waals surface area contributed by atoms with Crippen LogP contribution in [0.3, 0.4) is 0 Å². The minimum Gasteiger partial charge on any atom is -0.478 e. The van der Waals surface area contributed by atoms with E-state index in [9.17, 15) is 4.79 Å². The molecule has 1 saturated carbocycles. The van der Waals surface area contributed by atoms with Crippen LogP contribution in [0, 0.1) is 12.8 Å². The summed E-state index contributed by atoms with van der Waals surface area (Å²) >= 11 is 0. The normalized spacial score (nSPS) is 16.6. The van der Waals surface area contributed by atoms with Crippen LogP contribution < -0.4 is 5.32 Å². The van der Waals surface area contributed by atoms with Gasteiger partial charge in [0.25, 0.3) is 0 Å². The predicted octanol–water partition coefficient (Wildman–Crippen LogP) is 3.29. The molecule has 1 fully saturated rings. The molecule has 2 rings (SSSR count). The van der Waals surface area contributed by atoms with Gasteiger partial charge in [0.2, 0.25) is 0 Å². The number of aromatic carboxylic acids is 1. The highest BCUT2D eigenvalue weighted by atomic mass is 16.4. The Labute approximate surface area is 102 Å². The second-order valence-corrected chi connectivity index (χ2v) is 5.06. The molecule has 0 amide bonds. The van der Waals surface area contributed by atoms with Gasteiger partial charge in [-0.05, 0) is 49.9 Å². The van der Waals surface area contributed by atoms with Crippen molar-refractivity contribution in [2.75, 3.05) is 5.32 Å². The smallest absolute Gasteiger partial charge is 0.335 e. The zero-order chi connectivity index (χ0) is 12.4. The number of aryl methyl sites for hydroxylation is 1. The Morgan fingerprint density at radius 3 is 2.76 bits per heavy atom. The zero-order valence-electron chi connectivity index (χ0n) is 10.4. The second-order valence-electron chi connectivity index (χ2n) is 5.06. The molecule has 3 heteroatoms. The number of hydrogen-bond acceptors (Lipinski definition) is 2. The van der Waals surface area contributed by atoms with E-state index in [1.54, 1.807) is 6.07 Å². The van der Waals surface area contributed by atoms with Gasteiger partial charge in [0.1, 0.15) is 0 Å². The van der Waals surface area contributed by atoms with Crippen LogP contribution in [0.4, 0.5) is 5.69 Å². The molecular weight excluding hydrogens is 214 g/mol. The molecule has 0 radical (unpaired) electrons. The lowest BCUT2D eigenvalue weighted by molar-refractivity contribution is 0.0696. The summed E-state index contributed by atoms with van der Waals surface area (Å²) in [5, 5.41) is 12.4. The molecule has 92 valence electrons. The first-order chi connectivity index (χ1) is 8.06. The van der Waals surface area contributed by atoms with Crippen molar-refractivity contribution in [2.45, 2.75) is 39.2 Å². The fraction of sp³-hybridized carbons (Fsp3) is 0.500. The minimum atomic E-state index is -0.861. The molecular formula is C14H19NO2. The average molecular weight is 233 g/mol. The summed E-state index contributed by atoms with van der Waals surface area (Å²) in [5.74, 6) is 0.0389. The molecule has 0 bridgehead atoms. The number of rotatable bonds is 5. The van der Waals surface area contributed by atoms with Crippen molar-refractivity contribution in [3.05, 3.63) is 29.3 Å². The first kappa shape index (κ1) is 12.0. The van der Waals surface area contributed by atoms with Crippen LogP contribution in [0.25, 0.3) is 0 Å². The predicted molar refractivity (Wildman–Crippen MR) is 68.6 cm³/mol. The number of carboxylic acids is 1. The summed E-state index contributed by atoms with van der Waals surface area (Å²) in [6.07, 6.45) is 3.94. The lowest BCUT2D eigenvalue weighted by Crippen LogP contribution is -2.16. The molecule has 1 unspecified atom stereocenters. The van der Waals surface area contributed by atoms with E-state index in [0.29, 0.717) is 11.6 Å². The lowest BCUT2D eigenvalue weighted by atomic mass is 10.1. The molecule has 3 nitrogen and oxygen atoms in total. The topological polar surface area (TPSA) is 49.3 Å². The van der Waals surface area contributed by atoms with Gasteiger partial charge in [0.15, 0.2) is 0 Å². The van der Waals surface area contributed by atoms with E-state index in [1.807, 2.05) is 19.1 Å². The van der Waals surface area contributed by atoms with E-state index < -0.39 is 5.97 Å². The van der Waals surface area contributed by atoms with E-state index in [4.69, 9.17) is 5.11 Å². The van der Waals surface area contributed by atoms with E-state index in [1.165, 1.54) is 19.3 Å². The molecule has 0 aliphatic heterocycles. The fourth-order valence-electron chi connectivity index (χ4n) is 2.19. The Kier molecular flexibility index (Phi) is 3.36. The minimum absolute atomic E-state index is 0.380. The molecule has 0 spiro atoms. The fourth-order valence-corrected chi connectivity index (χ4v) is 2.19. The van der Waals surface area contributed by atoms with Gasteiger partial charge in [-0.3, -0.25) is 0 Å². The van der Waals surface area contributed by atoms with Crippen molar-refractivity contribution in [1.82, 2.24) is 0 Å². The van der Waals surface area contributed by atoms with Crippen molar-refractivity contribution in [2.24, 2.45) is 5.92 Å². The third kappa shape index (κ3) is 3.22. The summed E-state index contributed by atoms with van der Waals surface area (Å²) < 4.78 is 0. The Hall–Kier alpha value is -1.51. The van der Waals surface area contributed by atoms with Crippen LogP contribution in [0.1, 0.15) is 42.1 Å². The first-order valence-corrected chi connectivity index (χ1v) is 6.16. The largest absolute Gasteiger partial charge is 0.478 e. The molecule has 1 atom stereocenters. The first-order valence-electron chi connectivity index (χ1n) is 6.16. The Bertz CT molecular complexity index is 424. The van der Waals surface area contributed by atoms with Gasteiger partial charge < -0.3 is 10.4 Å². The highest BCUT2D eigenvalue weighted by Crippen LogP contribution is 2.34. The van der Waals surface area contributed by atoms with E-state index in [2.05, 4.69) is 12.2 Å². The molecule has 17 heavy (non-hydrogen) atoms. The highest BCUT2D eigenvalue weighted by molar-refractivity contribution is 5.89. The molecule has 1 aromatic rings. The monoisotopic (exact) mass is 233 g/mol. The molecule has 1 aliphatic carbocycles. The summed E-state index contributed by atoms with van der Waals surface area (Å²) in [6.45, 7) is 4.01. The zero-order valence-corrected chi connectivity index (χ0v) is 10.4. The quantitative estimate of drug-likeness (QED) is 0.820. The molecule has 2 N–H and O–H groups in total. The maximum atomic E-state index is 10.9. The standard InChI is InChI=1S/C14H19NO2/c1-9-7-12(5-6-13(9)14(16)17)15-10(2)8-11-3-4-11/h5-7,10-11,15H,3-4,8H2,1-2H3,(H,16,17). The summed E-state index contributed by atoms with van der Waals surface area (Å²) in [5.41, 5.74) is 2.20. The third-order valence-corrected chi connectivity index (χ3v) is 3.25. The van der Waals surface area contributed by atoms with Gasteiger partial charge in [-0.1, -0.05) is 12.8 Å². The summed E-state index contributed by atoms with van der Waals surface area (Å²) in [4.78, 5) is 10.9. The van der Waals surface area contributed by atoms with Crippen molar-refractivity contribution >= 4 is 11.7 Å². The van der Waals surface area contributed by atoms with E-state index in [-0.39, 0.29) is 0 Å². The summed E-state index contributed by atoms with van der Waals surface area (Å²) in [6, 6.07) is 5.88. The third-order valence-electron chi connectivity index (χ3n) is 3.25. The van der Waals surface area contributed by atoms with Crippen LogP contribution >= 0.6 is 0 Å².